The van der Waals surface area contributed by atoms with Crippen LogP contribution in [0, 0.1) is 6.92 Å². The van der Waals surface area contributed by atoms with E-state index < -0.39 is 6.23 Å². The number of urea groups is 1. The molecule has 0 aromatic carbocycles. The number of hydrogen-bond donors (Lipinski definition) is 4. The highest BCUT2D eigenvalue weighted by Crippen LogP contribution is 2.47. The van der Waals surface area contributed by atoms with Crippen LogP contribution in [-0.4, -0.2) is 46.2 Å². The lowest BCUT2D eigenvalue weighted by molar-refractivity contribution is -0.116. The number of pyridine rings is 2. The Morgan fingerprint density at radius 1 is 1.37 bits per heavy atom. The Labute approximate surface area is 206 Å². The van der Waals surface area contributed by atoms with Crippen LogP contribution in [0.2, 0.25) is 0 Å². The lowest BCUT2D eigenvalue weighted by Gasteiger charge is -2.30. The maximum atomic E-state index is 13.3. The molecule has 0 radical (unpaired) electrons. The zero-order chi connectivity index (χ0) is 24.5. The van der Waals surface area contributed by atoms with Gasteiger partial charge < -0.3 is 20.5 Å². The number of carbonyl (C=O) groups excluding carboxylic acids is 2. The zero-order valence-electron chi connectivity index (χ0n) is 19.2. The van der Waals surface area contributed by atoms with Gasteiger partial charge in [0.15, 0.2) is 0 Å². The topological polar surface area (TPSA) is 129 Å². The number of nitrogens with zero attached hydrogens (tertiary/aromatic N) is 3. The van der Waals surface area contributed by atoms with E-state index in [9.17, 15) is 14.7 Å². The van der Waals surface area contributed by atoms with Crippen molar-refractivity contribution in [3.05, 3.63) is 47.6 Å². The highest BCUT2D eigenvalue weighted by Gasteiger charge is 2.33. The van der Waals surface area contributed by atoms with E-state index in [0.29, 0.717) is 51.4 Å². The predicted molar refractivity (Wildman–Crippen MR) is 134 cm³/mol. The van der Waals surface area contributed by atoms with Crippen molar-refractivity contribution in [2.75, 3.05) is 23.3 Å². The Kier molecular flexibility index (Phi) is 6.37. The number of thiophene rings is 1. The molecule has 4 heterocycles. The van der Waals surface area contributed by atoms with E-state index >= 15 is 0 Å². The number of amides is 3. The summed E-state index contributed by atoms with van der Waals surface area (Å²) in [7, 11) is 0. The van der Waals surface area contributed by atoms with E-state index in [1.54, 1.807) is 23.2 Å². The summed E-state index contributed by atoms with van der Waals surface area (Å²) in [5.74, 6) is 0.275. The molecule has 0 spiro atoms. The first-order valence-corrected chi connectivity index (χ1v) is 12.3. The van der Waals surface area contributed by atoms with Gasteiger partial charge in [0.1, 0.15) is 17.2 Å². The molecule has 10 nitrogen and oxygen atoms in total. The van der Waals surface area contributed by atoms with Gasteiger partial charge in [-0.15, -0.1) is 11.3 Å². The average Bonchev–Trinajstić information content (AvgIpc) is 3.19. The first kappa shape index (κ1) is 23.2. The van der Waals surface area contributed by atoms with Crippen LogP contribution in [0.25, 0.3) is 10.2 Å². The molecule has 0 saturated heterocycles. The molecule has 1 saturated carbocycles. The number of anilines is 3. The lowest BCUT2D eigenvalue weighted by atomic mass is 9.96. The van der Waals surface area contributed by atoms with Crippen LogP contribution >= 0.6 is 11.3 Å². The van der Waals surface area contributed by atoms with Crippen molar-refractivity contribution in [2.45, 2.75) is 38.5 Å². The van der Waals surface area contributed by atoms with Crippen molar-refractivity contribution < 1.29 is 19.4 Å². The van der Waals surface area contributed by atoms with Crippen molar-refractivity contribution >= 4 is 50.6 Å². The quantitative estimate of drug-likeness (QED) is 0.204. The van der Waals surface area contributed by atoms with Crippen LogP contribution in [0.3, 0.4) is 0 Å². The Morgan fingerprint density at radius 2 is 2.20 bits per heavy atom. The van der Waals surface area contributed by atoms with E-state index in [-0.39, 0.29) is 18.0 Å². The van der Waals surface area contributed by atoms with E-state index in [1.807, 2.05) is 13.0 Å². The Morgan fingerprint density at radius 3 is 2.91 bits per heavy atom. The summed E-state index contributed by atoms with van der Waals surface area (Å²) < 4.78 is 5.90. The average molecular weight is 495 g/mol. The molecule has 1 aliphatic carbocycles. The Hall–Kier alpha value is -3.54. The van der Waals surface area contributed by atoms with Crippen LogP contribution in [0.15, 0.2) is 37.1 Å². The van der Waals surface area contributed by atoms with Crippen molar-refractivity contribution in [3.8, 4) is 5.88 Å². The minimum Gasteiger partial charge on any atom is -0.474 e. The van der Waals surface area contributed by atoms with Gasteiger partial charge in [0.05, 0.1) is 33.0 Å². The SMILES string of the molecule is C=CC(=O)NCCNC(O)c1sc2nccc3c2c1NC(=O)N3c1ccc(OC2CCC2)nc1C. The summed E-state index contributed by atoms with van der Waals surface area (Å²) in [5, 5.41) is 20.0. The smallest absolute Gasteiger partial charge is 0.331 e. The highest BCUT2D eigenvalue weighted by atomic mass is 32.1. The predicted octanol–water partition coefficient (Wildman–Crippen LogP) is 3.50. The summed E-state index contributed by atoms with van der Waals surface area (Å²) in [6, 6.07) is 5.06. The van der Waals surface area contributed by atoms with E-state index in [4.69, 9.17) is 4.74 Å². The molecule has 3 aromatic rings. The van der Waals surface area contributed by atoms with Crippen molar-refractivity contribution in [1.82, 2.24) is 20.6 Å². The fourth-order valence-electron chi connectivity index (χ4n) is 4.09. The molecule has 3 aromatic heterocycles. The third-order valence-electron chi connectivity index (χ3n) is 6.08. The summed E-state index contributed by atoms with van der Waals surface area (Å²) in [5.41, 5.74) is 2.51. The van der Waals surface area contributed by atoms with Gasteiger partial charge in [0, 0.05) is 25.4 Å². The molecular formula is C24H26N6O4S. The third kappa shape index (κ3) is 4.45. The summed E-state index contributed by atoms with van der Waals surface area (Å²) in [4.78, 5) is 36.4. The molecule has 1 atom stereocenters. The molecule has 182 valence electrons. The Balaban J connectivity index is 1.42. The number of aliphatic hydroxyl groups is 1. The first-order valence-electron chi connectivity index (χ1n) is 11.4. The van der Waals surface area contributed by atoms with Crippen molar-refractivity contribution in [3.63, 3.8) is 0 Å². The van der Waals surface area contributed by atoms with Gasteiger partial charge in [0.25, 0.3) is 0 Å². The number of aliphatic hydroxyl groups excluding tert-OH is 1. The number of rotatable bonds is 9. The summed E-state index contributed by atoms with van der Waals surface area (Å²) in [6.07, 6.45) is 5.27. The molecule has 0 bridgehead atoms. The van der Waals surface area contributed by atoms with Crippen LogP contribution < -0.4 is 25.6 Å². The van der Waals surface area contributed by atoms with Crippen molar-refractivity contribution in [2.24, 2.45) is 0 Å². The first-order chi connectivity index (χ1) is 17.0. The van der Waals surface area contributed by atoms with E-state index in [0.717, 1.165) is 18.2 Å². The van der Waals surface area contributed by atoms with Crippen LogP contribution in [0.4, 0.5) is 21.9 Å². The van der Waals surface area contributed by atoms with Gasteiger partial charge in [-0.1, -0.05) is 6.58 Å². The van der Waals surface area contributed by atoms with Crippen LogP contribution in [-0.2, 0) is 4.79 Å². The van der Waals surface area contributed by atoms with Crippen LogP contribution in [0.5, 0.6) is 5.88 Å². The molecule has 1 unspecified atom stereocenters. The normalized spacial score (nSPS) is 15.9. The molecule has 1 aliphatic heterocycles. The van der Waals surface area contributed by atoms with Gasteiger partial charge in [-0.05, 0) is 44.4 Å². The molecule has 5 rings (SSSR count). The number of carbonyl (C=O) groups is 2. The minimum atomic E-state index is -1.05. The number of aryl methyl sites for hydroxylation is 1. The third-order valence-corrected chi connectivity index (χ3v) is 7.23. The number of ether oxygens (including phenoxy) is 1. The van der Waals surface area contributed by atoms with Gasteiger partial charge in [-0.25, -0.2) is 14.8 Å². The summed E-state index contributed by atoms with van der Waals surface area (Å²) >= 11 is 1.30. The second-order valence-corrected chi connectivity index (χ2v) is 9.42. The van der Waals surface area contributed by atoms with E-state index in [1.165, 1.54) is 23.8 Å². The standard InChI is InChI=1S/C24H26N6O4S/c1-3-17(31)25-11-12-26-22(32)21-20-19-16(9-10-27-23(19)35-21)30(24(33)29-20)15-7-8-18(28-13(15)2)34-14-5-4-6-14/h3,7-10,14,22,26,32H,1,4-6,11-12H2,2H3,(H,25,31)(H,29,33). The molecule has 35 heavy (non-hydrogen) atoms. The maximum absolute atomic E-state index is 13.3. The highest BCUT2D eigenvalue weighted by molar-refractivity contribution is 7.19. The second-order valence-electron chi connectivity index (χ2n) is 8.39. The summed E-state index contributed by atoms with van der Waals surface area (Å²) in [6.45, 7) is 5.90. The minimum absolute atomic E-state index is 0.218. The number of aromatic nitrogens is 2. The fourth-order valence-corrected chi connectivity index (χ4v) is 5.17. The molecule has 11 heteroatoms. The van der Waals surface area contributed by atoms with Gasteiger partial charge in [-0.3, -0.25) is 15.0 Å². The number of nitrogens with one attached hydrogen (secondary N) is 3. The largest absolute Gasteiger partial charge is 0.474 e. The molecule has 2 aliphatic rings. The van der Waals surface area contributed by atoms with Gasteiger partial charge in [0.2, 0.25) is 11.8 Å². The van der Waals surface area contributed by atoms with Crippen molar-refractivity contribution in [1.29, 1.82) is 0 Å². The van der Waals surface area contributed by atoms with Gasteiger partial charge >= 0.3 is 6.03 Å². The number of hydrogen-bond acceptors (Lipinski definition) is 8. The Bertz CT molecular complexity index is 1300. The van der Waals surface area contributed by atoms with E-state index in [2.05, 4.69) is 32.5 Å². The fraction of sp³-hybridized carbons (Fsp3) is 0.333. The molecule has 3 amide bonds. The van der Waals surface area contributed by atoms with Crippen LogP contribution in [0.1, 0.15) is 36.1 Å². The molecule has 1 fully saturated rings. The zero-order valence-corrected chi connectivity index (χ0v) is 20.0. The molecule has 4 N–H and O–H groups in total. The second kappa shape index (κ2) is 9.61. The molecular weight excluding hydrogens is 468 g/mol. The monoisotopic (exact) mass is 494 g/mol. The van der Waals surface area contributed by atoms with Gasteiger partial charge in [-0.2, -0.15) is 0 Å². The lowest BCUT2D eigenvalue weighted by Crippen LogP contribution is -2.35. The maximum Gasteiger partial charge on any atom is 0.331 e.